The lowest BCUT2D eigenvalue weighted by molar-refractivity contribution is 0.338. The molecule has 8 nitrogen and oxygen atoms in total. The summed E-state index contributed by atoms with van der Waals surface area (Å²) in [5, 5.41) is 24.8. The first-order chi connectivity index (χ1) is 14.5. The zero-order valence-electron chi connectivity index (χ0n) is 16.7. The molecule has 3 N–H and O–H groups in total. The Morgan fingerprint density at radius 2 is 1.80 bits per heavy atom. The van der Waals surface area contributed by atoms with Gasteiger partial charge in [0, 0.05) is 0 Å². The first-order valence-corrected chi connectivity index (χ1v) is 9.17. The highest BCUT2D eigenvalue weighted by Gasteiger charge is 2.37. The normalized spacial score (nSPS) is 15.2. The van der Waals surface area contributed by atoms with Gasteiger partial charge in [-0.25, -0.2) is 4.68 Å². The molecule has 0 saturated carbocycles. The summed E-state index contributed by atoms with van der Waals surface area (Å²) in [6.45, 7) is 1.85. The van der Waals surface area contributed by atoms with Crippen LogP contribution in [0.2, 0.25) is 0 Å². The topological polar surface area (TPSA) is 116 Å². The Hall–Kier alpha value is -4.12. The van der Waals surface area contributed by atoms with Crippen LogP contribution in [0.5, 0.6) is 23.1 Å². The highest BCUT2D eigenvalue weighted by Crippen LogP contribution is 2.48. The van der Waals surface area contributed by atoms with E-state index in [9.17, 15) is 10.4 Å². The number of hydrogen-bond acceptors (Lipinski definition) is 7. The van der Waals surface area contributed by atoms with Gasteiger partial charge in [0.1, 0.15) is 11.6 Å². The number of benzene rings is 2. The van der Waals surface area contributed by atoms with E-state index in [1.165, 1.54) is 14.2 Å². The molecule has 0 unspecified atom stereocenters. The molecule has 0 radical (unpaired) electrons. The number of hydrogen-bond donors (Lipinski definition) is 2. The second kappa shape index (κ2) is 7.37. The number of nitrogens with two attached hydrogens (primary N) is 1. The van der Waals surface area contributed by atoms with Gasteiger partial charge in [-0.05, 0) is 36.8 Å². The number of para-hydroxylation sites is 1. The molecule has 1 atom stereocenters. The third-order valence-corrected chi connectivity index (χ3v) is 5.07. The molecular weight excluding hydrogens is 384 g/mol. The van der Waals surface area contributed by atoms with Crippen LogP contribution >= 0.6 is 0 Å². The molecule has 8 heteroatoms. The first-order valence-electron chi connectivity index (χ1n) is 9.17. The van der Waals surface area contributed by atoms with Gasteiger partial charge in [-0.15, -0.1) is 0 Å². The Morgan fingerprint density at radius 3 is 2.37 bits per heavy atom. The van der Waals surface area contributed by atoms with Gasteiger partial charge in [-0.3, -0.25) is 0 Å². The maximum Gasteiger partial charge on any atom is 0.229 e. The zero-order valence-corrected chi connectivity index (χ0v) is 16.7. The summed E-state index contributed by atoms with van der Waals surface area (Å²) in [6.07, 6.45) is 0. The van der Waals surface area contributed by atoms with Crippen LogP contribution in [-0.2, 0) is 0 Å². The van der Waals surface area contributed by atoms with Crippen molar-refractivity contribution in [1.82, 2.24) is 9.78 Å². The van der Waals surface area contributed by atoms with Crippen LogP contribution in [-0.4, -0.2) is 29.1 Å². The van der Waals surface area contributed by atoms with Crippen LogP contribution < -0.4 is 19.9 Å². The van der Waals surface area contributed by atoms with E-state index in [1.54, 1.807) is 16.8 Å². The number of methoxy groups -OCH3 is 2. The van der Waals surface area contributed by atoms with Crippen molar-refractivity contribution in [3.05, 3.63) is 70.7 Å². The molecule has 0 saturated heterocycles. The van der Waals surface area contributed by atoms with Crippen LogP contribution in [0, 0.1) is 18.3 Å². The maximum atomic E-state index is 10.3. The Bertz CT molecular complexity index is 1170. The highest BCUT2D eigenvalue weighted by molar-refractivity contribution is 5.61. The quantitative estimate of drug-likeness (QED) is 0.686. The number of allylic oxidation sites excluding steroid dienone is 1. The molecule has 1 aromatic heterocycles. The zero-order chi connectivity index (χ0) is 21.4. The average molecular weight is 404 g/mol. The maximum absolute atomic E-state index is 10.3. The lowest BCUT2D eigenvalue weighted by Crippen LogP contribution is -2.22. The van der Waals surface area contributed by atoms with E-state index >= 15 is 0 Å². The summed E-state index contributed by atoms with van der Waals surface area (Å²) < 4.78 is 18.1. The number of nitrogens with zero attached hydrogens (tertiary/aromatic N) is 3. The molecular formula is C22H20N4O4. The molecule has 2 aromatic carbocycles. The molecule has 0 fully saturated rings. The van der Waals surface area contributed by atoms with Gasteiger partial charge < -0.3 is 25.1 Å². The molecule has 0 aliphatic carbocycles. The Balaban J connectivity index is 1.98. The number of aryl methyl sites for hydroxylation is 1. The Morgan fingerprint density at radius 1 is 1.17 bits per heavy atom. The number of aromatic nitrogens is 2. The number of nitriles is 1. The molecule has 3 aromatic rings. The smallest absolute Gasteiger partial charge is 0.229 e. The van der Waals surface area contributed by atoms with E-state index < -0.39 is 5.92 Å². The molecule has 2 heterocycles. The van der Waals surface area contributed by atoms with Crippen molar-refractivity contribution in [3.63, 3.8) is 0 Å². The number of aromatic hydroxyl groups is 1. The standard InChI is InChI=1S/C22H20N4O4/c1-12-18-19(13-9-16(28-2)20(27)17(10-13)29-3)15(11-23)21(24)30-22(18)26(25-12)14-7-5-4-6-8-14/h4-10,19,27H,24H2,1-3H3/t19-/m1/s1. The van der Waals surface area contributed by atoms with Crippen molar-refractivity contribution < 1.29 is 19.3 Å². The van der Waals surface area contributed by atoms with Crippen molar-refractivity contribution >= 4 is 0 Å². The number of ether oxygens (including phenoxy) is 3. The largest absolute Gasteiger partial charge is 0.502 e. The summed E-state index contributed by atoms with van der Waals surface area (Å²) in [7, 11) is 2.89. The monoisotopic (exact) mass is 404 g/mol. The predicted molar refractivity (Wildman–Crippen MR) is 109 cm³/mol. The van der Waals surface area contributed by atoms with Crippen LogP contribution in [0.4, 0.5) is 0 Å². The summed E-state index contributed by atoms with van der Waals surface area (Å²) >= 11 is 0. The highest BCUT2D eigenvalue weighted by atomic mass is 16.5. The van der Waals surface area contributed by atoms with Gasteiger partial charge in [-0.1, -0.05) is 18.2 Å². The number of phenols is 1. The van der Waals surface area contributed by atoms with E-state index in [0.29, 0.717) is 22.7 Å². The van der Waals surface area contributed by atoms with Gasteiger partial charge in [0.2, 0.25) is 17.5 Å². The minimum absolute atomic E-state index is 0.00177. The molecule has 0 spiro atoms. The van der Waals surface area contributed by atoms with E-state index in [1.807, 2.05) is 37.3 Å². The van der Waals surface area contributed by atoms with Gasteiger partial charge in [0.25, 0.3) is 0 Å². The minimum atomic E-state index is -0.570. The molecule has 152 valence electrons. The summed E-state index contributed by atoms with van der Waals surface area (Å²) in [5.74, 6) is 0.190. The van der Waals surface area contributed by atoms with Crippen molar-refractivity contribution in [1.29, 1.82) is 5.26 Å². The van der Waals surface area contributed by atoms with E-state index in [2.05, 4.69) is 11.2 Å². The number of rotatable bonds is 4. The second-order valence-corrected chi connectivity index (χ2v) is 6.75. The minimum Gasteiger partial charge on any atom is -0.502 e. The molecule has 1 aliphatic heterocycles. The van der Waals surface area contributed by atoms with Gasteiger partial charge in [0.05, 0.1) is 37.1 Å². The predicted octanol–water partition coefficient (Wildman–Crippen LogP) is 3.12. The van der Waals surface area contributed by atoms with Crippen molar-refractivity contribution in [2.24, 2.45) is 5.73 Å². The molecule has 30 heavy (non-hydrogen) atoms. The summed E-state index contributed by atoms with van der Waals surface area (Å²) in [6, 6.07) is 15.0. The fourth-order valence-electron chi connectivity index (χ4n) is 3.67. The fourth-order valence-corrected chi connectivity index (χ4v) is 3.67. The van der Waals surface area contributed by atoms with Crippen molar-refractivity contribution in [2.75, 3.05) is 14.2 Å². The summed E-state index contributed by atoms with van der Waals surface area (Å²) in [5.41, 5.74) is 9.23. The van der Waals surface area contributed by atoms with Gasteiger partial charge in [-0.2, -0.15) is 10.4 Å². The summed E-state index contributed by atoms with van der Waals surface area (Å²) in [4.78, 5) is 0. The number of fused-ring (bicyclic) bond motifs is 1. The van der Waals surface area contributed by atoms with Crippen LogP contribution in [0.3, 0.4) is 0 Å². The van der Waals surface area contributed by atoms with Crippen LogP contribution in [0.15, 0.2) is 53.9 Å². The molecule has 0 amide bonds. The van der Waals surface area contributed by atoms with Gasteiger partial charge in [0.15, 0.2) is 11.5 Å². The van der Waals surface area contributed by atoms with Gasteiger partial charge >= 0.3 is 0 Å². The molecule has 4 rings (SSSR count). The number of phenolic OH excluding ortho intramolecular Hbond substituents is 1. The van der Waals surface area contributed by atoms with Crippen LogP contribution in [0.1, 0.15) is 22.7 Å². The lowest BCUT2D eigenvalue weighted by atomic mass is 9.84. The fraction of sp³-hybridized carbons (Fsp3) is 0.182. The second-order valence-electron chi connectivity index (χ2n) is 6.75. The molecule has 0 bridgehead atoms. The third kappa shape index (κ3) is 2.88. The Kier molecular flexibility index (Phi) is 4.72. The van der Waals surface area contributed by atoms with E-state index in [-0.39, 0.29) is 28.7 Å². The average Bonchev–Trinajstić information content (AvgIpc) is 3.09. The first kappa shape index (κ1) is 19.2. The lowest BCUT2D eigenvalue weighted by Gasteiger charge is -2.25. The SMILES string of the molecule is COc1cc([C@@H]2C(C#N)=C(N)Oc3c2c(C)nn3-c2ccccc2)cc(OC)c1O. The van der Waals surface area contributed by atoms with E-state index in [4.69, 9.17) is 19.9 Å². The van der Waals surface area contributed by atoms with Crippen molar-refractivity contribution in [3.8, 4) is 34.9 Å². The van der Waals surface area contributed by atoms with E-state index in [0.717, 1.165) is 5.69 Å². The van der Waals surface area contributed by atoms with Crippen molar-refractivity contribution in [2.45, 2.75) is 12.8 Å². The van der Waals surface area contributed by atoms with Crippen LogP contribution in [0.25, 0.3) is 5.69 Å². The molecule has 1 aliphatic rings. The third-order valence-electron chi connectivity index (χ3n) is 5.07. The Labute approximate surface area is 173 Å².